The van der Waals surface area contributed by atoms with Crippen molar-refractivity contribution in [2.24, 2.45) is 13.0 Å². The molecule has 2 atom stereocenters. The smallest absolute Gasteiger partial charge is 0.308 e. The lowest BCUT2D eigenvalue weighted by Crippen LogP contribution is -2.30. The molecule has 9 nitrogen and oxygen atoms in total. The molecule has 1 aliphatic carbocycles. The third kappa shape index (κ3) is 4.87. The molecule has 10 heteroatoms. The van der Waals surface area contributed by atoms with Gasteiger partial charge in [-0.25, -0.2) is 9.67 Å². The summed E-state index contributed by atoms with van der Waals surface area (Å²) < 4.78 is 12.6. The summed E-state index contributed by atoms with van der Waals surface area (Å²) in [6.07, 6.45) is 5.13. The van der Waals surface area contributed by atoms with Crippen LogP contribution in [0.3, 0.4) is 0 Å². The molecule has 2 N–H and O–H groups in total. The average molecular weight is 419 g/mol. The van der Waals surface area contributed by atoms with Crippen LogP contribution in [0.15, 0.2) is 12.1 Å². The number of carbonyl (C=O) groups excluding carboxylic acids is 1. The van der Waals surface area contributed by atoms with Gasteiger partial charge in [-0.15, -0.1) is 5.10 Å². The van der Waals surface area contributed by atoms with E-state index in [0.29, 0.717) is 34.5 Å². The maximum Gasteiger partial charge on any atom is 0.308 e. The first-order valence-corrected chi connectivity index (χ1v) is 10.7. The van der Waals surface area contributed by atoms with Gasteiger partial charge in [-0.3, -0.25) is 10.2 Å². The minimum Gasteiger partial charge on any atom is -0.489 e. The summed E-state index contributed by atoms with van der Waals surface area (Å²) in [4.78, 5) is 16.5. The third-order valence-corrected chi connectivity index (χ3v) is 5.51. The fourth-order valence-corrected chi connectivity index (χ4v) is 3.64. The highest BCUT2D eigenvalue weighted by Gasteiger charge is 2.29. The van der Waals surface area contributed by atoms with Crippen molar-refractivity contribution in [3.8, 4) is 17.1 Å². The quantitative estimate of drug-likeness (QED) is 0.433. The first-order chi connectivity index (χ1) is 13.9. The molecule has 2 aromatic rings. The second-order valence-electron chi connectivity index (χ2n) is 6.98. The highest BCUT2D eigenvalue weighted by Crippen LogP contribution is 2.31. The number of hydrogen-bond acceptors (Lipinski definition) is 8. The molecule has 2 aromatic heterocycles. The second-order valence-corrected chi connectivity index (χ2v) is 7.79. The predicted molar refractivity (Wildman–Crippen MR) is 112 cm³/mol. The van der Waals surface area contributed by atoms with Crippen molar-refractivity contribution in [2.45, 2.75) is 38.7 Å². The third-order valence-electron chi connectivity index (χ3n) is 5.00. The molecule has 0 amide bonds. The maximum absolute atomic E-state index is 11.8. The van der Waals surface area contributed by atoms with E-state index in [0.717, 1.165) is 25.0 Å². The van der Waals surface area contributed by atoms with Crippen molar-refractivity contribution < 1.29 is 14.3 Å². The van der Waals surface area contributed by atoms with Gasteiger partial charge in [-0.05, 0) is 51.0 Å². The summed E-state index contributed by atoms with van der Waals surface area (Å²) in [7, 11) is 3.19. The Morgan fingerprint density at radius 1 is 1.38 bits per heavy atom. The van der Waals surface area contributed by atoms with Gasteiger partial charge in [-0.1, -0.05) is 17.0 Å². The molecule has 1 aliphatic rings. The van der Waals surface area contributed by atoms with E-state index in [9.17, 15) is 4.79 Å². The fourth-order valence-electron chi connectivity index (χ4n) is 3.45. The molecule has 0 saturated heterocycles. The van der Waals surface area contributed by atoms with E-state index < -0.39 is 0 Å². The summed E-state index contributed by atoms with van der Waals surface area (Å²) in [5, 5.41) is 19.4. The van der Waals surface area contributed by atoms with Gasteiger partial charge in [0.1, 0.15) is 5.75 Å². The Kier molecular flexibility index (Phi) is 6.73. The standard InChI is InChI=1S/C19H26N6O3S/c1-11-15(28-13-7-5-6-12(10-13)18(26)27-3)9-8-14(21-11)16-17(22-19(20)29-4)25(2)24-23-16/h8-9,12-13H,5-7,10H2,1-4H3,(H2,20,22)/t12-,13-/m0/s1. The first kappa shape index (κ1) is 21.1. The van der Waals surface area contributed by atoms with Crippen LogP contribution in [0.4, 0.5) is 5.82 Å². The summed E-state index contributed by atoms with van der Waals surface area (Å²) in [5.74, 6) is 1.03. The zero-order valence-electron chi connectivity index (χ0n) is 17.1. The van der Waals surface area contributed by atoms with Crippen LogP contribution in [-0.2, 0) is 16.6 Å². The topological polar surface area (TPSA) is 115 Å². The van der Waals surface area contributed by atoms with Crippen LogP contribution in [0.25, 0.3) is 11.4 Å². The molecule has 0 radical (unpaired) electrons. The largest absolute Gasteiger partial charge is 0.489 e. The molecule has 156 valence electrons. The molecule has 0 unspecified atom stereocenters. The Morgan fingerprint density at radius 3 is 2.86 bits per heavy atom. The normalized spacial score (nSPS) is 18.9. The summed E-state index contributed by atoms with van der Waals surface area (Å²) >= 11 is 1.29. The van der Waals surface area contributed by atoms with Crippen molar-refractivity contribution in [3.05, 3.63) is 17.8 Å². The Balaban J connectivity index is 1.76. The molecule has 1 fully saturated rings. The second kappa shape index (κ2) is 9.25. The summed E-state index contributed by atoms with van der Waals surface area (Å²) in [5.41, 5.74) is 1.96. The van der Waals surface area contributed by atoms with Crippen LogP contribution in [0.1, 0.15) is 31.4 Å². The number of hydrogen-bond donors (Lipinski definition) is 2. The molecule has 0 spiro atoms. The minimum atomic E-state index is -0.165. The first-order valence-electron chi connectivity index (χ1n) is 9.44. The molecule has 2 heterocycles. The van der Waals surface area contributed by atoms with E-state index in [2.05, 4.69) is 20.6 Å². The predicted octanol–water partition coefficient (Wildman–Crippen LogP) is 3.01. The molecular weight excluding hydrogens is 392 g/mol. The molecule has 29 heavy (non-hydrogen) atoms. The molecule has 0 aliphatic heterocycles. The number of aromatic nitrogens is 4. The number of rotatable bonds is 5. The van der Waals surface area contributed by atoms with Crippen molar-refractivity contribution in [1.29, 1.82) is 5.41 Å². The van der Waals surface area contributed by atoms with Gasteiger partial charge in [0.15, 0.2) is 16.7 Å². The van der Waals surface area contributed by atoms with Crippen LogP contribution in [0.2, 0.25) is 0 Å². The van der Waals surface area contributed by atoms with Crippen molar-refractivity contribution in [1.82, 2.24) is 20.0 Å². The number of aryl methyl sites for hydroxylation is 2. The molecule has 0 bridgehead atoms. The van der Waals surface area contributed by atoms with Crippen LogP contribution in [-0.4, -0.2) is 50.6 Å². The SMILES string of the molecule is COC(=O)[C@H]1CCC[C@H](Oc2ccc(-c3nnn(C)c3NC(=N)SC)nc2C)C1. The number of pyridine rings is 1. The number of amidine groups is 1. The molecular formula is C19H26N6O3S. The van der Waals surface area contributed by atoms with Crippen LogP contribution in [0.5, 0.6) is 5.75 Å². The van der Waals surface area contributed by atoms with Crippen molar-refractivity contribution in [2.75, 3.05) is 18.7 Å². The van der Waals surface area contributed by atoms with Crippen LogP contribution < -0.4 is 10.1 Å². The Morgan fingerprint density at radius 2 is 2.17 bits per heavy atom. The molecule has 0 aromatic carbocycles. The number of nitrogens with one attached hydrogen (secondary N) is 2. The van der Waals surface area contributed by atoms with Gasteiger partial charge in [0.25, 0.3) is 0 Å². The van der Waals surface area contributed by atoms with E-state index in [1.54, 1.807) is 11.7 Å². The summed E-state index contributed by atoms with van der Waals surface area (Å²) in [6, 6.07) is 3.71. The Bertz CT molecular complexity index is 900. The summed E-state index contributed by atoms with van der Waals surface area (Å²) in [6.45, 7) is 1.88. The van der Waals surface area contributed by atoms with Gasteiger partial charge in [0, 0.05) is 7.05 Å². The van der Waals surface area contributed by atoms with E-state index >= 15 is 0 Å². The lowest BCUT2D eigenvalue weighted by molar-refractivity contribution is -0.147. The number of methoxy groups -OCH3 is 1. The number of esters is 1. The van der Waals surface area contributed by atoms with E-state index in [1.165, 1.54) is 18.9 Å². The Labute approximate surface area is 174 Å². The number of nitrogens with zero attached hydrogens (tertiary/aromatic N) is 4. The highest BCUT2D eigenvalue weighted by molar-refractivity contribution is 8.13. The maximum atomic E-state index is 11.8. The van der Waals surface area contributed by atoms with Gasteiger partial charge in [-0.2, -0.15) is 0 Å². The molecule has 3 rings (SSSR count). The fraction of sp³-hybridized carbons (Fsp3) is 0.526. The van der Waals surface area contributed by atoms with Gasteiger partial charge in [0.2, 0.25) is 0 Å². The van der Waals surface area contributed by atoms with Gasteiger partial charge >= 0.3 is 5.97 Å². The van der Waals surface area contributed by atoms with E-state index in [4.69, 9.17) is 14.9 Å². The van der Waals surface area contributed by atoms with E-state index in [1.807, 2.05) is 25.3 Å². The lowest BCUT2D eigenvalue weighted by Gasteiger charge is -2.28. The van der Waals surface area contributed by atoms with Crippen molar-refractivity contribution >= 4 is 28.7 Å². The van der Waals surface area contributed by atoms with Gasteiger partial charge < -0.3 is 14.8 Å². The number of thioether (sulfide) groups is 1. The number of anilines is 1. The van der Waals surface area contributed by atoms with E-state index in [-0.39, 0.29) is 18.0 Å². The van der Waals surface area contributed by atoms with Gasteiger partial charge in [0.05, 0.1) is 30.5 Å². The van der Waals surface area contributed by atoms with Crippen molar-refractivity contribution in [3.63, 3.8) is 0 Å². The van der Waals surface area contributed by atoms with Crippen LogP contribution >= 0.6 is 11.8 Å². The zero-order chi connectivity index (χ0) is 21.0. The minimum absolute atomic E-state index is 0.0324. The monoisotopic (exact) mass is 418 g/mol. The number of carbonyl (C=O) groups is 1. The zero-order valence-corrected chi connectivity index (χ0v) is 17.9. The highest BCUT2D eigenvalue weighted by atomic mass is 32.2. The Hall–Kier alpha value is -2.62. The lowest BCUT2D eigenvalue weighted by atomic mass is 9.87. The molecule has 1 saturated carbocycles. The van der Waals surface area contributed by atoms with Crippen LogP contribution in [0, 0.1) is 18.3 Å². The average Bonchev–Trinajstić information content (AvgIpc) is 3.09. The number of ether oxygens (including phenoxy) is 2.